The molecule has 3 rings (SSSR count). The van der Waals surface area contributed by atoms with Crippen molar-refractivity contribution in [2.24, 2.45) is 5.92 Å². The fraction of sp³-hybridized carbons (Fsp3) is 0.818. The van der Waals surface area contributed by atoms with Gasteiger partial charge in [0.15, 0.2) is 0 Å². The highest BCUT2D eigenvalue weighted by molar-refractivity contribution is 7.09. The molecule has 0 unspecified atom stereocenters. The van der Waals surface area contributed by atoms with Crippen molar-refractivity contribution in [1.29, 1.82) is 0 Å². The van der Waals surface area contributed by atoms with E-state index in [9.17, 15) is 4.79 Å². The number of rotatable bonds is 7. The molecule has 2 atom stereocenters. The second-order valence-electron chi connectivity index (χ2n) is 8.84. The molecular formula is C22H38N4OS. The van der Waals surface area contributed by atoms with Crippen molar-refractivity contribution in [2.45, 2.75) is 84.3 Å². The number of likely N-dealkylation sites (tertiary alicyclic amines) is 2. The molecule has 6 heteroatoms. The topological polar surface area (TPSA) is 48.5 Å². The van der Waals surface area contributed by atoms with Gasteiger partial charge in [-0.1, -0.05) is 13.3 Å². The van der Waals surface area contributed by atoms with Crippen LogP contribution in [0.4, 0.5) is 0 Å². The van der Waals surface area contributed by atoms with E-state index < -0.39 is 0 Å². The van der Waals surface area contributed by atoms with Crippen LogP contribution in [0.25, 0.3) is 0 Å². The van der Waals surface area contributed by atoms with Crippen LogP contribution in [-0.2, 0) is 11.2 Å². The Labute approximate surface area is 174 Å². The minimum atomic E-state index is 0.188. The molecule has 1 amide bonds. The highest BCUT2D eigenvalue weighted by atomic mass is 32.1. The van der Waals surface area contributed by atoms with Crippen molar-refractivity contribution < 1.29 is 4.79 Å². The predicted octanol–water partition coefficient (Wildman–Crippen LogP) is 3.47. The number of hydrogen-bond donors (Lipinski definition) is 1. The molecule has 2 aliphatic rings. The van der Waals surface area contributed by atoms with E-state index in [1.54, 1.807) is 11.3 Å². The molecule has 0 aromatic carbocycles. The average molecular weight is 407 g/mol. The Balaban J connectivity index is 1.44. The molecule has 1 N–H and O–H groups in total. The van der Waals surface area contributed by atoms with E-state index in [4.69, 9.17) is 0 Å². The quantitative estimate of drug-likeness (QED) is 0.753. The van der Waals surface area contributed by atoms with Gasteiger partial charge >= 0.3 is 0 Å². The van der Waals surface area contributed by atoms with E-state index in [0.29, 0.717) is 24.4 Å². The van der Waals surface area contributed by atoms with E-state index in [1.807, 2.05) is 6.92 Å². The number of nitrogens with zero attached hydrogens (tertiary/aromatic N) is 3. The normalized spacial score (nSPS) is 25.3. The van der Waals surface area contributed by atoms with Gasteiger partial charge in [-0.25, -0.2) is 4.98 Å². The zero-order valence-corrected chi connectivity index (χ0v) is 18.9. The fourth-order valence-electron chi connectivity index (χ4n) is 4.81. The van der Waals surface area contributed by atoms with E-state index in [0.717, 1.165) is 49.1 Å². The minimum absolute atomic E-state index is 0.188. The summed E-state index contributed by atoms with van der Waals surface area (Å²) < 4.78 is 0. The van der Waals surface area contributed by atoms with E-state index in [2.05, 4.69) is 46.3 Å². The summed E-state index contributed by atoms with van der Waals surface area (Å²) in [6.07, 6.45) is 6.10. The summed E-state index contributed by atoms with van der Waals surface area (Å²) in [5, 5.41) is 6.49. The molecular weight excluding hydrogens is 368 g/mol. The lowest BCUT2D eigenvalue weighted by Gasteiger charge is -2.45. The molecule has 2 saturated heterocycles. The zero-order chi connectivity index (χ0) is 20.1. The Kier molecular flexibility index (Phi) is 7.89. The Morgan fingerprint density at radius 1 is 1.29 bits per heavy atom. The van der Waals surface area contributed by atoms with E-state index in [1.165, 1.54) is 25.9 Å². The molecule has 0 bridgehead atoms. The van der Waals surface area contributed by atoms with Gasteiger partial charge in [0.25, 0.3) is 0 Å². The summed E-state index contributed by atoms with van der Waals surface area (Å²) in [6.45, 7) is 13.6. The summed E-state index contributed by atoms with van der Waals surface area (Å²) in [5.41, 5.74) is 1.05. The average Bonchev–Trinajstić information content (AvgIpc) is 3.12. The van der Waals surface area contributed by atoms with Gasteiger partial charge in [-0.3, -0.25) is 9.69 Å². The van der Waals surface area contributed by atoms with E-state index >= 15 is 0 Å². The molecule has 28 heavy (non-hydrogen) atoms. The number of nitrogens with one attached hydrogen (secondary N) is 1. The standard InChI is InChI=1S/C22H38N4OS/c1-5-18-14-26(20-8-11-25(12-9-20)16(2)3)13-10-21(18)24-22(27)7-6-19-15-28-17(4)23-19/h15-16,18,20-21H,5-14H2,1-4H3,(H,24,27)/t18-,21+/m1/s1. The van der Waals surface area contributed by atoms with Crippen molar-refractivity contribution in [3.05, 3.63) is 16.1 Å². The fourth-order valence-corrected chi connectivity index (χ4v) is 5.45. The Morgan fingerprint density at radius 3 is 2.64 bits per heavy atom. The highest BCUT2D eigenvalue weighted by Gasteiger charge is 2.33. The molecule has 0 aliphatic carbocycles. The number of carbonyl (C=O) groups is 1. The molecule has 0 spiro atoms. The van der Waals surface area contributed by atoms with Gasteiger partial charge in [-0.15, -0.1) is 11.3 Å². The zero-order valence-electron chi connectivity index (χ0n) is 18.1. The summed E-state index contributed by atoms with van der Waals surface area (Å²) in [5.74, 6) is 0.759. The number of thiazole rings is 1. The molecule has 5 nitrogen and oxygen atoms in total. The lowest BCUT2D eigenvalue weighted by atomic mass is 9.87. The molecule has 3 heterocycles. The smallest absolute Gasteiger partial charge is 0.220 e. The maximum atomic E-state index is 12.5. The van der Waals surface area contributed by atoms with Gasteiger partial charge in [0.05, 0.1) is 10.7 Å². The van der Waals surface area contributed by atoms with Crippen molar-refractivity contribution in [3.8, 4) is 0 Å². The second-order valence-corrected chi connectivity index (χ2v) is 9.91. The lowest BCUT2D eigenvalue weighted by molar-refractivity contribution is -0.122. The first-order chi connectivity index (χ1) is 13.5. The van der Waals surface area contributed by atoms with Crippen LogP contribution < -0.4 is 5.32 Å². The van der Waals surface area contributed by atoms with Gasteiger partial charge in [-0.2, -0.15) is 0 Å². The molecule has 2 aliphatic heterocycles. The first kappa shape index (κ1) is 21.7. The second kappa shape index (κ2) is 10.2. The number of carbonyl (C=O) groups excluding carboxylic acids is 1. The van der Waals surface area contributed by atoms with Gasteiger partial charge in [0.2, 0.25) is 5.91 Å². The third kappa shape index (κ3) is 5.77. The molecule has 0 radical (unpaired) electrons. The highest BCUT2D eigenvalue weighted by Crippen LogP contribution is 2.26. The Bertz CT molecular complexity index is 624. The van der Waals surface area contributed by atoms with Crippen molar-refractivity contribution in [2.75, 3.05) is 26.2 Å². The SMILES string of the molecule is CC[C@@H]1CN(C2CCN(C(C)C)CC2)CC[C@@H]1NC(=O)CCc1csc(C)n1. The minimum Gasteiger partial charge on any atom is -0.353 e. The molecule has 1 aromatic heterocycles. The van der Waals surface area contributed by atoms with Crippen LogP contribution >= 0.6 is 11.3 Å². The number of piperidine rings is 2. The van der Waals surface area contributed by atoms with Crippen molar-refractivity contribution in [3.63, 3.8) is 0 Å². The summed E-state index contributed by atoms with van der Waals surface area (Å²) in [6, 6.07) is 1.73. The largest absolute Gasteiger partial charge is 0.353 e. The Morgan fingerprint density at radius 2 is 2.04 bits per heavy atom. The number of hydrogen-bond acceptors (Lipinski definition) is 5. The molecule has 1 aromatic rings. The van der Waals surface area contributed by atoms with Crippen LogP contribution in [0.15, 0.2) is 5.38 Å². The summed E-state index contributed by atoms with van der Waals surface area (Å²) in [4.78, 5) is 22.3. The van der Waals surface area contributed by atoms with Crippen LogP contribution in [0, 0.1) is 12.8 Å². The number of amides is 1. The van der Waals surface area contributed by atoms with Crippen LogP contribution in [0.5, 0.6) is 0 Å². The first-order valence-electron chi connectivity index (χ1n) is 11.1. The van der Waals surface area contributed by atoms with Gasteiger partial charge in [0.1, 0.15) is 0 Å². The monoisotopic (exact) mass is 406 g/mol. The number of aromatic nitrogens is 1. The van der Waals surface area contributed by atoms with Gasteiger partial charge in [0, 0.05) is 43.0 Å². The van der Waals surface area contributed by atoms with Crippen molar-refractivity contribution in [1.82, 2.24) is 20.1 Å². The Hall–Kier alpha value is -0.980. The lowest BCUT2D eigenvalue weighted by Crippen LogP contribution is -2.55. The van der Waals surface area contributed by atoms with Crippen LogP contribution in [0.2, 0.25) is 0 Å². The van der Waals surface area contributed by atoms with Crippen molar-refractivity contribution >= 4 is 17.2 Å². The van der Waals surface area contributed by atoms with Crippen LogP contribution in [0.1, 0.15) is 63.6 Å². The van der Waals surface area contributed by atoms with Gasteiger partial charge in [-0.05, 0) is 65.5 Å². The number of aryl methyl sites for hydroxylation is 2. The predicted molar refractivity (Wildman–Crippen MR) is 117 cm³/mol. The van der Waals surface area contributed by atoms with Gasteiger partial charge < -0.3 is 10.2 Å². The third-order valence-electron chi connectivity index (χ3n) is 6.66. The molecule has 158 valence electrons. The van der Waals surface area contributed by atoms with Crippen LogP contribution in [0.3, 0.4) is 0 Å². The maximum absolute atomic E-state index is 12.5. The molecule has 2 fully saturated rings. The molecule has 0 saturated carbocycles. The first-order valence-corrected chi connectivity index (χ1v) is 12.0. The summed E-state index contributed by atoms with van der Waals surface area (Å²) in [7, 11) is 0. The van der Waals surface area contributed by atoms with E-state index in [-0.39, 0.29) is 5.91 Å². The third-order valence-corrected chi connectivity index (χ3v) is 7.48. The summed E-state index contributed by atoms with van der Waals surface area (Å²) >= 11 is 1.66. The maximum Gasteiger partial charge on any atom is 0.220 e. The van der Waals surface area contributed by atoms with Crippen LogP contribution in [-0.4, -0.2) is 65.0 Å².